The Morgan fingerprint density at radius 2 is 2.14 bits per heavy atom. The van der Waals surface area contributed by atoms with Crippen LogP contribution in [0.2, 0.25) is 0 Å². The predicted octanol–water partition coefficient (Wildman–Crippen LogP) is 3.09. The lowest BCUT2D eigenvalue weighted by Crippen LogP contribution is -2.28. The first-order chi connectivity index (χ1) is 14.0. The van der Waals surface area contributed by atoms with Crippen LogP contribution in [0.3, 0.4) is 0 Å². The van der Waals surface area contributed by atoms with E-state index in [1.54, 1.807) is 31.5 Å². The minimum absolute atomic E-state index is 0.154. The third kappa shape index (κ3) is 6.22. The van der Waals surface area contributed by atoms with Crippen molar-refractivity contribution in [3.8, 4) is 17.0 Å². The highest BCUT2D eigenvalue weighted by molar-refractivity contribution is 7.83. The first kappa shape index (κ1) is 20.7. The summed E-state index contributed by atoms with van der Waals surface area (Å²) in [5.74, 6) is 0.702. The fraction of sp³-hybridized carbons (Fsp3) is 0.222. The third-order valence-electron chi connectivity index (χ3n) is 3.57. The fourth-order valence-corrected chi connectivity index (χ4v) is 3.20. The first-order valence-corrected chi connectivity index (χ1v) is 9.92. The lowest BCUT2D eigenvalue weighted by molar-refractivity contribution is -0.145. The number of aromatic nitrogens is 3. The number of carbonyl (C=O) groups is 2. The SMILES string of the molecule is CCOC(=O)COc1cccc(-c2cnc(CNC(=O)Nc3ncc(S)s3)[nH]2)c1. The third-order valence-corrected chi connectivity index (χ3v) is 4.67. The normalized spacial score (nSPS) is 10.4. The van der Waals surface area contributed by atoms with E-state index in [1.165, 1.54) is 11.3 Å². The number of anilines is 1. The topological polar surface area (TPSA) is 118 Å². The Labute approximate surface area is 176 Å². The molecule has 9 nitrogen and oxygen atoms in total. The fourth-order valence-electron chi connectivity index (χ4n) is 2.33. The molecule has 0 saturated heterocycles. The van der Waals surface area contributed by atoms with Gasteiger partial charge in [0.25, 0.3) is 0 Å². The molecule has 29 heavy (non-hydrogen) atoms. The molecule has 0 atom stereocenters. The molecule has 0 spiro atoms. The number of thiazole rings is 1. The largest absolute Gasteiger partial charge is 0.482 e. The lowest BCUT2D eigenvalue weighted by atomic mass is 10.1. The van der Waals surface area contributed by atoms with E-state index in [4.69, 9.17) is 9.47 Å². The molecule has 2 aromatic heterocycles. The smallest absolute Gasteiger partial charge is 0.344 e. The molecule has 0 unspecified atom stereocenters. The van der Waals surface area contributed by atoms with Gasteiger partial charge in [-0.15, -0.1) is 12.6 Å². The maximum atomic E-state index is 11.9. The van der Waals surface area contributed by atoms with Crippen LogP contribution in [0.15, 0.2) is 40.9 Å². The van der Waals surface area contributed by atoms with Gasteiger partial charge < -0.3 is 19.8 Å². The molecule has 0 aliphatic rings. The summed E-state index contributed by atoms with van der Waals surface area (Å²) in [4.78, 5) is 34.7. The number of hydrogen-bond acceptors (Lipinski definition) is 8. The number of ether oxygens (including phenoxy) is 2. The number of amides is 2. The molecular formula is C18H19N5O4S2. The Hall–Kier alpha value is -3.05. The molecule has 0 saturated carbocycles. The van der Waals surface area contributed by atoms with E-state index >= 15 is 0 Å². The molecule has 1 aromatic carbocycles. The van der Waals surface area contributed by atoms with Gasteiger partial charge in [0.1, 0.15) is 11.6 Å². The van der Waals surface area contributed by atoms with E-state index in [9.17, 15) is 9.59 Å². The number of hydrogen-bond donors (Lipinski definition) is 4. The van der Waals surface area contributed by atoms with Gasteiger partial charge in [-0.05, 0) is 19.1 Å². The first-order valence-electron chi connectivity index (χ1n) is 8.66. The van der Waals surface area contributed by atoms with Crippen molar-refractivity contribution >= 4 is 41.1 Å². The van der Waals surface area contributed by atoms with Crippen molar-refractivity contribution in [2.45, 2.75) is 17.7 Å². The minimum Gasteiger partial charge on any atom is -0.482 e. The van der Waals surface area contributed by atoms with Gasteiger partial charge in [0, 0.05) is 5.56 Å². The van der Waals surface area contributed by atoms with Crippen LogP contribution in [0, 0.1) is 0 Å². The number of carbonyl (C=O) groups excluding carboxylic acids is 2. The van der Waals surface area contributed by atoms with Crippen LogP contribution >= 0.6 is 24.0 Å². The molecule has 3 aromatic rings. The Morgan fingerprint density at radius 3 is 2.90 bits per heavy atom. The Balaban J connectivity index is 1.54. The van der Waals surface area contributed by atoms with Crippen molar-refractivity contribution in [3.63, 3.8) is 0 Å². The summed E-state index contributed by atoms with van der Waals surface area (Å²) in [6.07, 6.45) is 3.22. The number of imidazole rings is 1. The zero-order valence-corrected chi connectivity index (χ0v) is 17.2. The van der Waals surface area contributed by atoms with Crippen LogP contribution in [0.25, 0.3) is 11.3 Å². The zero-order valence-electron chi connectivity index (χ0n) is 15.5. The van der Waals surface area contributed by atoms with Gasteiger partial charge in [0.15, 0.2) is 11.7 Å². The molecule has 152 valence electrons. The number of rotatable bonds is 8. The Bertz CT molecular complexity index is 988. The molecule has 0 radical (unpaired) electrons. The van der Waals surface area contributed by atoms with Crippen LogP contribution in [0.1, 0.15) is 12.7 Å². The lowest BCUT2D eigenvalue weighted by Gasteiger charge is -2.07. The molecule has 2 heterocycles. The monoisotopic (exact) mass is 433 g/mol. The summed E-state index contributed by atoms with van der Waals surface area (Å²) in [5, 5.41) is 5.79. The number of esters is 1. The number of nitrogens with zero attached hydrogens (tertiary/aromatic N) is 2. The molecule has 0 aliphatic heterocycles. The van der Waals surface area contributed by atoms with Gasteiger partial charge in [0.2, 0.25) is 0 Å². The maximum Gasteiger partial charge on any atom is 0.344 e. The number of aromatic amines is 1. The van der Waals surface area contributed by atoms with Crippen molar-refractivity contribution < 1.29 is 19.1 Å². The predicted molar refractivity (Wildman–Crippen MR) is 111 cm³/mol. The average Bonchev–Trinajstić information content (AvgIpc) is 3.34. The highest BCUT2D eigenvalue weighted by atomic mass is 32.2. The molecule has 3 rings (SSSR count). The van der Waals surface area contributed by atoms with Crippen LogP contribution in [-0.2, 0) is 16.1 Å². The van der Waals surface area contributed by atoms with Crippen molar-refractivity contribution in [1.29, 1.82) is 0 Å². The van der Waals surface area contributed by atoms with Gasteiger partial charge in [0.05, 0.1) is 35.4 Å². The Morgan fingerprint density at radius 1 is 1.28 bits per heavy atom. The molecular weight excluding hydrogens is 414 g/mol. The molecule has 0 bridgehead atoms. The van der Waals surface area contributed by atoms with E-state index in [1.807, 2.05) is 12.1 Å². The quantitative estimate of drug-likeness (QED) is 0.320. The zero-order chi connectivity index (χ0) is 20.6. The second-order valence-corrected chi connectivity index (χ2v) is 7.49. The van der Waals surface area contributed by atoms with Gasteiger partial charge >= 0.3 is 12.0 Å². The second kappa shape index (κ2) is 9.94. The van der Waals surface area contributed by atoms with Crippen LogP contribution < -0.4 is 15.4 Å². The van der Waals surface area contributed by atoms with E-state index in [-0.39, 0.29) is 19.2 Å². The van der Waals surface area contributed by atoms with E-state index < -0.39 is 5.97 Å². The van der Waals surface area contributed by atoms with Crippen molar-refractivity contribution in [1.82, 2.24) is 20.3 Å². The van der Waals surface area contributed by atoms with E-state index in [2.05, 4.69) is 38.2 Å². The summed E-state index contributed by atoms with van der Waals surface area (Å²) in [6, 6.07) is 6.84. The molecule has 2 amide bonds. The molecule has 11 heteroatoms. The van der Waals surface area contributed by atoms with Crippen LogP contribution in [0.5, 0.6) is 5.75 Å². The van der Waals surface area contributed by atoms with Crippen molar-refractivity contribution in [3.05, 3.63) is 42.5 Å². The van der Waals surface area contributed by atoms with Crippen molar-refractivity contribution in [2.24, 2.45) is 0 Å². The number of H-pyrrole nitrogens is 1. The molecule has 0 aliphatic carbocycles. The van der Waals surface area contributed by atoms with Gasteiger partial charge in [-0.3, -0.25) is 5.32 Å². The number of thiol groups is 1. The number of benzene rings is 1. The summed E-state index contributed by atoms with van der Waals surface area (Å²) in [6.45, 7) is 2.11. The molecule has 0 fully saturated rings. The van der Waals surface area contributed by atoms with Crippen LogP contribution in [0.4, 0.5) is 9.93 Å². The van der Waals surface area contributed by atoms with Gasteiger partial charge in [-0.25, -0.2) is 19.6 Å². The Kier molecular flexibility index (Phi) is 7.09. The molecule has 3 N–H and O–H groups in total. The number of urea groups is 1. The second-order valence-electron chi connectivity index (χ2n) is 5.68. The van der Waals surface area contributed by atoms with Crippen molar-refractivity contribution in [2.75, 3.05) is 18.5 Å². The maximum absolute atomic E-state index is 11.9. The standard InChI is InChI=1S/C18H19N5O4S2/c1-2-26-15(24)10-27-12-5-3-4-11(6-12)13-7-19-14(22-13)8-20-17(25)23-18-21-9-16(28)29-18/h3-7,9,28H,2,8,10H2,1H3,(H,19,22)(H2,20,21,23,25). The summed E-state index contributed by atoms with van der Waals surface area (Å²) >= 11 is 5.42. The highest BCUT2D eigenvalue weighted by Gasteiger charge is 2.09. The van der Waals surface area contributed by atoms with Crippen LogP contribution in [-0.4, -0.2) is 40.2 Å². The van der Waals surface area contributed by atoms with E-state index in [0.29, 0.717) is 27.5 Å². The van der Waals surface area contributed by atoms with E-state index in [0.717, 1.165) is 11.3 Å². The minimum atomic E-state index is -0.422. The highest BCUT2D eigenvalue weighted by Crippen LogP contribution is 2.23. The summed E-state index contributed by atoms with van der Waals surface area (Å²) in [7, 11) is 0. The summed E-state index contributed by atoms with van der Waals surface area (Å²) in [5.41, 5.74) is 1.59. The number of nitrogens with one attached hydrogen (secondary N) is 3. The summed E-state index contributed by atoms with van der Waals surface area (Å²) < 4.78 is 11.0. The van der Waals surface area contributed by atoms with Gasteiger partial charge in [-0.1, -0.05) is 23.5 Å². The van der Waals surface area contributed by atoms with Gasteiger partial charge in [-0.2, -0.15) is 0 Å². The average molecular weight is 434 g/mol.